The molecule has 128 valence electrons. The van der Waals surface area contributed by atoms with Crippen LogP contribution in [0.5, 0.6) is 5.75 Å². The van der Waals surface area contributed by atoms with Gasteiger partial charge in [0.15, 0.2) is 5.69 Å². The molecule has 0 atom stereocenters. The number of aryl methyl sites for hydroxylation is 1. The summed E-state index contributed by atoms with van der Waals surface area (Å²) < 4.78 is 10.8. The van der Waals surface area contributed by atoms with Crippen LogP contribution >= 0.6 is 11.6 Å². The summed E-state index contributed by atoms with van der Waals surface area (Å²) in [6.45, 7) is 2.10. The molecular weight excluding hydrogens is 340 g/mol. The molecule has 0 aliphatic heterocycles. The third kappa shape index (κ3) is 4.00. The Morgan fingerprint density at radius 3 is 2.72 bits per heavy atom. The molecule has 1 heterocycles. The van der Waals surface area contributed by atoms with Crippen molar-refractivity contribution in [3.8, 4) is 17.2 Å². The van der Waals surface area contributed by atoms with E-state index < -0.39 is 0 Å². The maximum Gasteiger partial charge on any atom is 0.273 e. The van der Waals surface area contributed by atoms with Gasteiger partial charge in [-0.25, -0.2) is 4.98 Å². The van der Waals surface area contributed by atoms with Crippen molar-refractivity contribution in [3.63, 3.8) is 0 Å². The molecule has 5 nitrogen and oxygen atoms in total. The molecule has 0 aliphatic carbocycles. The van der Waals surface area contributed by atoms with E-state index in [0.29, 0.717) is 29.0 Å². The topological polar surface area (TPSA) is 64.4 Å². The quantitative estimate of drug-likeness (QED) is 0.742. The summed E-state index contributed by atoms with van der Waals surface area (Å²) in [6.07, 6.45) is 0. The molecule has 0 spiro atoms. The Morgan fingerprint density at radius 1 is 1.24 bits per heavy atom. The molecule has 1 aromatic heterocycles. The van der Waals surface area contributed by atoms with E-state index in [1.165, 1.54) is 0 Å². The number of rotatable bonds is 5. The van der Waals surface area contributed by atoms with Crippen LogP contribution in [0.2, 0.25) is 5.02 Å². The van der Waals surface area contributed by atoms with E-state index in [1.807, 2.05) is 30.3 Å². The molecule has 1 amide bonds. The summed E-state index contributed by atoms with van der Waals surface area (Å²) in [6, 6.07) is 14.6. The van der Waals surface area contributed by atoms with Crippen LogP contribution in [0.1, 0.15) is 21.8 Å². The van der Waals surface area contributed by atoms with Crippen molar-refractivity contribution in [1.29, 1.82) is 0 Å². The summed E-state index contributed by atoms with van der Waals surface area (Å²) in [5, 5.41) is 3.49. The summed E-state index contributed by atoms with van der Waals surface area (Å²) in [4.78, 5) is 16.7. The summed E-state index contributed by atoms with van der Waals surface area (Å²) in [5.41, 5.74) is 1.97. The number of aromatic nitrogens is 1. The van der Waals surface area contributed by atoms with Crippen molar-refractivity contribution in [2.45, 2.75) is 13.5 Å². The second-order valence-corrected chi connectivity index (χ2v) is 5.90. The smallest absolute Gasteiger partial charge is 0.273 e. The fraction of sp³-hybridized carbons (Fsp3) is 0.158. The van der Waals surface area contributed by atoms with E-state index in [9.17, 15) is 4.79 Å². The molecule has 0 bridgehead atoms. The number of carbonyl (C=O) groups excluding carboxylic acids is 1. The highest BCUT2D eigenvalue weighted by Crippen LogP contribution is 2.25. The van der Waals surface area contributed by atoms with Gasteiger partial charge in [-0.3, -0.25) is 4.79 Å². The molecule has 2 aromatic carbocycles. The van der Waals surface area contributed by atoms with E-state index >= 15 is 0 Å². The molecule has 0 fully saturated rings. The van der Waals surface area contributed by atoms with Gasteiger partial charge in [-0.2, -0.15) is 0 Å². The highest BCUT2D eigenvalue weighted by atomic mass is 35.5. The Kier molecular flexibility index (Phi) is 5.05. The van der Waals surface area contributed by atoms with Crippen LogP contribution < -0.4 is 10.1 Å². The second-order valence-electron chi connectivity index (χ2n) is 5.46. The van der Waals surface area contributed by atoms with Crippen molar-refractivity contribution >= 4 is 17.5 Å². The highest BCUT2D eigenvalue weighted by Gasteiger charge is 2.18. The van der Waals surface area contributed by atoms with E-state index in [-0.39, 0.29) is 11.6 Å². The van der Waals surface area contributed by atoms with E-state index in [0.717, 1.165) is 11.1 Å². The number of methoxy groups -OCH3 is 1. The largest absolute Gasteiger partial charge is 0.497 e. The van der Waals surface area contributed by atoms with Crippen LogP contribution in [0.25, 0.3) is 11.5 Å². The number of carbonyl (C=O) groups is 1. The van der Waals surface area contributed by atoms with Crippen molar-refractivity contribution in [3.05, 3.63) is 70.6 Å². The molecule has 0 aliphatic rings. The number of hydrogen-bond donors (Lipinski definition) is 1. The molecule has 0 unspecified atom stereocenters. The molecule has 0 saturated heterocycles. The number of ether oxygens (including phenoxy) is 1. The Bertz CT molecular complexity index is 888. The van der Waals surface area contributed by atoms with Crippen molar-refractivity contribution < 1.29 is 13.9 Å². The Morgan fingerprint density at radius 2 is 2.00 bits per heavy atom. The Labute approximate surface area is 150 Å². The van der Waals surface area contributed by atoms with Crippen molar-refractivity contribution in [2.75, 3.05) is 7.11 Å². The lowest BCUT2D eigenvalue weighted by Crippen LogP contribution is -2.23. The first-order valence-corrected chi connectivity index (χ1v) is 8.09. The lowest BCUT2D eigenvalue weighted by atomic mass is 10.2. The monoisotopic (exact) mass is 356 g/mol. The SMILES string of the molecule is COc1cccc(-c2nc(C(=O)NCc3ccc(Cl)cc3)c(C)o2)c1. The molecule has 6 heteroatoms. The Hall–Kier alpha value is -2.79. The number of benzene rings is 2. The first-order valence-electron chi connectivity index (χ1n) is 7.71. The predicted octanol–water partition coefficient (Wildman–Crippen LogP) is 4.24. The van der Waals surface area contributed by atoms with Crippen molar-refractivity contribution in [2.24, 2.45) is 0 Å². The third-order valence-electron chi connectivity index (χ3n) is 3.69. The molecular formula is C19H17ClN2O3. The number of oxazole rings is 1. The average Bonchev–Trinajstić information content (AvgIpc) is 3.03. The zero-order valence-corrected chi connectivity index (χ0v) is 14.6. The lowest BCUT2D eigenvalue weighted by Gasteiger charge is -2.03. The molecule has 0 saturated carbocycles. The number of nitrogens with zero attached hydrogens (tertiary/aromatic N) is 1. The van der Waals surface area contributed by atoms with E-state index in [2.05, 4.69) is 10.3 Å². The molecule has 3 rings (SSSR count). The van der Waals surface area contributed by atoms with Gasteiger partial charge < -0.3 is 14.5 Å². The third-order valence-corrected chi connectivity index (χ3v) is 3.95. The van der Waals surface area contributed by atoms with E-state index in [1.54, 1.807) is 32.2 Å². The number of amides is 1. The van der Waals surface area contributed by atoms with Gasteiger partial charge in [-0.15, -0.1) is 0 Å². The fourth-order valence-corrected chi connectivity index (χ4v) is 2.48. The average molecular weight is 357 g/mol. The lowest BCUT2D eigenvalue weighted by molar-refractivity contribution is 0.0945. The zero-order chi connectivity index (χ0) is 17.8. The van der Waals surface area contributed by atoms with Crippen LogP contribution in [0.3, 0.4) is 0 Å². The molecule has 1 N–H and O–H groups in total. The molecule has 0 radical (unpaired) electrons. The van der Waals surface area contributed by atoms with Gasteiger partial charge in [0.25, 0.3) is 5.91 Å². The van der Waals surface area contributed by atoms with Crippen LogP contribution in [-0.4, -0.2) is 18.0 Å². The first-order chi connectivity index (χ1) is 12.1. The summed E-state index contributed by atoms with van der Waals surface area (Å²) in [7, 11) is 1.59. The fourth-order valence-electron chi connectivity index (χ4n) is 2.35. The minimum absolute atomic E-state index is 0.270. The summed E-state index contributed by atoms with van der Waals surface area (Å²) in [5.74, 6) is 1.26. The number of halogens is 1. The van der Waals surface area contributed by atoms with Crippen LogP contribution in [0, 0.1) is 6.92 Å². The summed E-state index contributed by atoms with van der Waals surface area (Å²) >= 11 is 5.85. The van der Waals surface area contributed by atoms with Crippen LogP contribution in [-0.2, 0) is 6.54 Å². The predicted molar refractivity (Wildman–Crippen MR) is 95.9 cm³/mol. The van der Waals surface area contributed by atoms with Gasteiger partial charge in [0, 0.05) is 17.1 Å². The maximum absolute atomic E-state index is 12.4. The van der Waals surface area contributed by atoms with Gasteiger partial charge in [0.2, 0.25) is 5.89 Å². The van der Waals surface area contributed by atoms with Crippen molar-refractivity contribution in [1.82, 2.24) is 10.3 Å². The first kappa shape index (κ1) is 17.0. The second kappa shape index (κ2) is 7.40. The van der Waals surface area contributed by atoms with Crippen LogP contribution in [0.15, 0.2) is 52.9 Å². The standard InChI is InChI=1S/C19H17ClN2O3/c1-12-17(18(23)21-11-13-6-8-15(20)9-7-13)22-19(25-12)14-4-3-5-16(10-14)24-2/h3-10H,11H2,1-2H3,(H,21,23). The normalized spacial score (nSPS) is 10.5. The van der Waals surface area contributed by atoms with Gasteiger partial charge >= 0.3 is 0 Å². The Balaban J connectivity index is 1.75. The zero-order valence-electron chi connectivity index (χ0n) is 13.9. The minimum Gasteiger partial charge on any atom is -0.497 e. The minimum atomic E-state index is -0.287. The van der Waals surface area contributed by atoms with Gasteiger partial charge in [0.1, 0.15) is 11.5 Å². The number of nitrogens with one attached hydrogen (secondary N) is 1. The number of hydrogen-bond acceptors (Lipinski definition) is 4. The maximum atomic E-state index is 12.4. The molecule has 25 heavy (non-hydrogen) atoms. The van der Waals surface area contributed by atoms with Gasteiger partial charge in [-0.1, -0.05) is 29.8 Å². The highest BCUT2D eigenvalue weighted by molar-refractivity contribution is 6.30. The molecule has 3 aromatic rings. The van der Waals surface area contributed by atoms with Crippen LogP contribution in [0.4, 0.5) is 0 Å². The van der Waals surface area contributed by atoms with Gasteiger partial charge in [0.05, 0.1) is 7.11 Å². The van der Waals surface area contributed by atoms with E-state index in [4.69, 9.17) is 20.8 Å². The van der Waals surface area contributed by atoms with Gasteiger partial charge in [-0.05, 0) is 42.8 Å².